The summed E-state index contributed by atoms with van der Waals surface area (Å²) < 4.78 is 37.4. The van der Waals surface area contributed by atoms with Crippen LogP contribution in [0.3, 0.4) is 0 Å². The molecule has 2 aromatic heterocycles. The Balaban J connectivity index is 2.01. The highest BCUT2D eigenvalue weighted by molar-refractivity contribution is 7.90. The van der Waals surface area contributed by atoms with Gasteiger partial charge < -0.3 is 15.4 Å². The molecule has 4 N–H and O–H groups in total. The number of nitrogens with zero attached hydrogens (tertiary/aromatic N) is 1. The van der Waals surface area contributed by atoms with E-state index in [1.54, 1.807) is 12.1 Å². The largest absolute Gasteiger partial charge is 0.378 e. The number of benzene rings is 1. The van der Waals surface area contributed by atoms with E-state index in [0.717, 1.165) is 18.4 Å². The van der Waals surface area contributed by atoms with Crippen LogP contribution in [0.5, 0.6) is 0 Å². The maximum absolute atomic E-state index is 13.5. The molecule has 0 aliphatic carbocycles. The molecule has 1 unspecified atom stereocenters. The number of aromatic nitrogens is 2. The average Bonchev–Trinajstić information content (AvgIpc) is 2.71. The molecular formula is C20H21FN4O5S. The quantitative estimate of drug-likeness (QED) is 0.385. The number of aliphatic hydroxyl groups excluding tert-OH is 1. The molecule has 0 radical (unpaired) electrons. The van der Waals surface area contributed by atoms with E-state index in [0.29, 0.717) is 11.0 Å². The van der Waals surface area contributed by atoms with Crippen molar-refractivity contribution in [3.8, 4) is 0 Å². The maximum atomic E-state index is 13.5. The second-order valence-corrected chi connectivity index (χ2v) is 8.91. The van der Waals surface area contributed by atoms with Crippen molar-refractivity contribution in [1.82, 2.24) is 20.6 Å². The van der Waals surface area contributed by atoms with Gasteiger partial charge in [-0.15, -0.1) is 0 Å². The normalized spacial score (nSPS) is 12.6. The topological polar surface area (TPSA) is 141 Å². The molecule has 31 heavy (non-hydrogen) atoms. The first-order valence-corrected chi connectivity index (χ1v) is 11.1. The van der Waals surface area contributed by atoms with Crippen molar-refractivity contribution >= 4 is 26.8 Å². The number of fused-ring (bicyclic) bond motifs is 1. The van der Waals surface area contributed by atoms with Crippen molar-refractivity contribution in [3.05, 3.63) is 69.4 Å². The summed E-state index contributed by atoms with van der Waals surface area (Å²) in [6.07, 6.45) is 1.33. The standard InChI is InChI=1S/C20H21FN4O5S/c1-22-16(26)9-13-17(20(28)25-14-4-3-7-23-18(13)14)19(27)24-10-11-5-6-12(21)8-15(11)31(2,29)30/h3-8,16,22,26H,9-10H2,1-2H3,(H,24,27)(H,25,28). The molecule has 11 heteroatoms. The van der Waals surface area contributed by atoms with E-state index < -0.39 is 33.3 Å². The van der Waals surface area contributed by atoms with Crippen LogP contribution in [0.1, 0.15) is 21.5 Å². The lowest BCUT2D eigenvalue weighted by Gasteiger charge is -2.15. The Labute approximate surface area is 177 Å². The van der Waals surface area contributed by atoms with Gasteiger partial charge in [-0.2, -0.15) is 0 Å². The van der Waals surface area contributed by atoms with Crippen LogP contribution in [-0.4, -0.2) is 48.9 Å². The molecule has 0 spiro atoms. The van der Waals surface area contributed by atoms with Crippen LogP contribution in [0.15, 0.2) is 46.2 Å². The molecule has 0 saturated carbocycles. The second kappa shape index (κ2) is 8.92. The third-order valence-corrected chi connectivity index (χ3v) is 5.88. The van der Waals surface area contributed by atoms with Gasteiger partial charge in [-0.25, -0.2) is 12.8 Å². The van der Waals surface area contributed by atoms with Gasteiger partial charge in [0.15, 0.2) is 9.84 Å². The van der Waals surface area contributed by atoms with E-state index in [9.17, 15) is 27.5 Å². The molecule has 0 bridgehead atoms. The van der Waals surface area contributed by atoms with Gasteiger partial charge in [-0.3, -0.25) is 19.9 Å². The predicted octanol–water partition coefficient (Wildman–Crippen LogP) is 0.476. The smallest absolute Gasteiger partial charge is 0.261 e. The highest BCUT2D eigenvalue weighted by Gasteiger charge is 2.23. The molecule has 2 heterocycles. The molecule has 3 rings (SSSR count). The van der Waals surface area contributed by atoms with Crippen LogP contribution in [0.2, 0.25) is 0 Å². The van der Waals surface area contributed by atoms with Gasteiger partial charge >= 0.3 is 0 Å². The Kier molecular flexibility index (Phi) is 6.48. The maximum Gasteiger partial charge on any atom is 0.261 e. The monoisotopic (exact) mass is 448 g/mol. The Hall–Kier alpha value is -3.15. The van der Waals surface area contributed by atoms with Crippen molar-refractivity contribution in [2.24, 2.45) is 0 Å². The molecule has 0 aliphatic heterocycles. The molecule has 1 amide bonds. The summed E-state index contributed by atoms with van der Waals surface area (Å²) in [4.78, 5) is 32.1. The SMILES string of the molecule is CNC(O)Cc1c(C(=O)NCc2ccc(F)cc2S(C)(=O)=O)c(=O)[nH]c2cccnc12. The predicted molar refractivity (Wildman–Crippen MR) is 112 cm³/mol. The number of aliphatic hydroxyl groups is 1. The summed E-state index contributed by atoms with van der Waals surface area (Å²) >= 11 is 0. The fraction of sp³-hybridized carbons (Fsp3) is 0.250. The number of hydrogen-bond donors (Lipinski definition) is 4. The van der Waals surface area contributed by atoms with Gasteiger partial charge in [-0.05, 0) is 36.9 Å². The van der Waals surface area contributed by atoms with E-state index in [2.05, 4.69) is 20.6 Å². The van der Waals surface area contributed by atoms with Crippen LogP contribution in [0, 0.1) is 5.82 Å². The van der Waals surface area contributed by atoms with Crippen molar-refractivity contribution in [2.45, 2.75) is 24.1 Å². The number of carbonyl (C=O) groups is 1. The van der Waals surface area contributed by atoms with Crippen molar-refractivity contribution in [1.29, 1.82) is 0 Å². The van der Waals surface area contributed by atoms with E-state index in [1.807, 2.05) is 0 Å². The van der Waals surface area contributed by atoms with E-state index >= 15 is 0 Å². The Morgan fingerprint density at radius 3 is 2.74 bits per heavy atom. The van der Waals surface area contributed by atoms with Gasteiger partial charge in [-0.1, -0.05) is 6.07 Å². The molecule has 9 nitrogen and oxygen atoms in total. The lowest BCUT2D eigenvalue weighted by Crippen LogP contribution is -2.34. The molecular weight excluding hydrogens is 427 g/mol. The van der Waals surface area contributed by atoms with Crippen molar-refractivity contribution < 1.29 is 22.7 Å². The minimum Gasteiger partial charge on any atom is -0.378 e. The first-order valence-electron chi connectivity index (χ1n) is 9.23. The Morgan fingerprint density at radius 2 is 2.06 bits per heavy atom. The van der Waals surface area contributed by atoms with Crippen LogP contribution >= 0.6 is 0 Å². The lowest BCUT2D eigenvalue weighted by atomic mass is 10.0. The van der Waals surface area contributed by atoms with Gasteiger partial charge in [0.25, 0.3) is 11.5 Å². The van der Waals surface area contributed by atoms with Crippen LogP contribution in [0.4, 0.5) is 4.39 Å². The highest BCUT2D eigenvalue weighted by atomic mass is 32.2. The summed E-state index contributed by atoms with van der Waals surface area (Å²) in [5, 5.41) is 15.2. The number of halogens is 1. The summed E-state index contributed by atoms with van der Waals surface area (Å²) in [6, 6.07) is 6.45. The number of amides is 1. The average molecular weight is 448 g/mol. The van der Waals surface area contributed by atoms with Gasteiger partial charge in [0.2, 0.25) is 0 Å². The summed E-state index contributed by atoms with van der Waals surface area (Å²) in [7, 11) is -2.22. The van der Waals surface area contributed by atoms with Crippen LogP contribution in [0.25, 0.3) is 11.0 Å². The zero-order valence-corrected chi connectivity index (χ0v) is 17.6. The molecule has 3 aromatic rings. The van der Waals surface area contributed by atoms with Gasteiger partial charge in [0, 0.05) is 31.0 Å². The first kappa shape index (κ1) is 22.5. The van der Waals surface area contributed by atoms with Crippen LogP contribution in [-0.2, 0) is 22.8 Å². The van der Waals surface area contributed by atoms with Gasteiger partial charge in [0.1, 0.15) is 17.6 Å². The number of rotatable bonds is 7. The zero-order valence-electron chi connectivity index (χ0n) is 16.8. The number of pyridine rings is 2. The third kappa shape index (κ3) is 4.95. The molecule has 1 atom stereocenters. The Morgan fingerprint density at radius 1 is 1.32 bits per heavy atom. The third-order valence-electron chi connectivity index (χ3n) is 4.70. The highest BCUT2D eigenvalue weighted by Crippen LogP contribution is 2.19. The molecule has 0 saturated heterocycles. The number of aromatic amines is 1. The molecule has 164 valence electrons. The van der Waals surface area contributed by atoms with Crippen molar-refractivity contribution in [3.63, 3.8) is 0 Å². The van der Waals surface area contributed by atoms with Crippen molar-refractivity contribution in [2.75, 3.05) is 13.3 Å². The summed E-state index contributed by atoms with van der Waals surface area (Å²) in [5.41, 5.74) is 0.230. The fourth-order valence-electron chi connectivity index (χ4n) is 3.20. The van der Waals surface area contributed by atoms with E-state index in [4.69, 9.17) is 0 Å². The number of carbonyl (C=O) groups excluding carboxylic acids is 1. The second-order valence-electron chi connectivity index (χ2n) is 6.92. The number of sulfone groups is 1. The van der Waals surface area contributed by atoms with Crippen LogP contribution < -0.4 is 16.2 Å². The Bertz CT molecular complexity index is 1310. The molecule has 0 aliphatic rings. The number of H-pyrrole nitrogens is 1. The fourth-order valence-corrected chi connectivity index (χ4v) is 4.15. The molecule has 1 aromatic carbocycles. The first-order chi connectivity index (χ1) is 14.6. The lowest BCUT2D eigenvalue weighted by molar-refractivity contribution is 0.0946. The van der Waals surface area contributed by atoms with E-state index in [-0.39, 0.29) is 34.6 Å². The number of hydrogen-bond acceptors (Lipinski definition) is 7. The zero-order chi connectivity index (χ0) is 22.8. The number of nitrogens with one attached hydrogen (secondary N) is 3. The van der Waals surface area contributed by atoms with Gasteiger partial charge in [0.05, 0.1) is 15.9 Å². The summed E-state index contributed by atoms with van der Waals surface area (Å²) in [6.45, 7) is -0.255. The number of likely N-dealkylation sites (N-methyl/N-ethyl adjacent to an activating group) is 1. The minimum absolute atomic E-state index is 0.0676. The summed E-state index contributed by atoms with van der Waals surface area (Å²) in [5.74, 6) is -1.51. The molecule has 0 fully saturated rings. The van der Waals surface area contributed by atoms with E-state index in [1.165, 1.54) is 19.3 Å². The minimum atomic E-state index is -3.74.